The fourth-order valence-corrected chi connectivity index (χ4v) is 1.77. The van der Waals surface area contributed by atoms with Gasteiger partial charge in [-0.15, -0.1) is 0 Å². The lowest BCUT2D eigenvalue weighted by atomic mass is 10.1. The van der Waals surface area contributed by atoms with Crippen molar-refractivity contribution in [3.8, 4) is 0 Å². The second kappa shape index (κ2) is 5.88. The molecule has 0 atom stereocenters. The van der Waals surface area contributed by atoms with Crippen molar-refractivity contribution >= 4 is 17.5 Å². The highest BCUT2D eigenvalue weighted by atomic mass is 16.4. The number of carbonyl (C=O) groups is 1. The van der Waals surface area contributed by atoms with Crippen LogP contribution in [-0.4, -0.2) is 16.9 Å². The van der Waals surface area contributed by atoms with E-state index in [-0.39, 0.29) is 11.4 Å². The molecular weight excluding hydrogens is 254 g/mol. The van der Waals surface area contributed by atoms with Crippen molar-refractivity contribution in [2.75, 3.05) is 5.32 Å². The van der Waals surface area contributed by atoms with E-state index >= 15 is 0 Å². The number of amidine groups is 1. The molecule has 0 fully saturated rings. The monoisotopic (exact) mass is 269 g/mol. The van der Waals surface area contributed by atoms with E-state index in [9.17, 15) is 4.79 Å². The summed E-state index contributed by atoms with van der Waals surface area (Å²) in [4.78, 5) is 10.7. The lowest BCUT2D eigenvalue weighted by Gasteiger charge is -2.08. The summed E-state index contributed by atoms with van der Waals surface area (Å²) < 4.78 is 0. The molecule has 5 N–H and O–H groups in total. The average molecular weight is 269 g/mol. The van der Waals surface area contributed by atoms with Crippen LogP contribution in [0.5, 0.6) is 0 Å². The van der Waals surface area contributed by atoms with Gasteiger partial charge in [0.25, 0.3) is 0 Å². The molecule has 0 aliphatic carbocycles. The zero-order chi connectivity index (χ0) is 14.5. The highest BCUT2D eigenvalue weighted by Crippen LogP contribution is 2.12. The number of hydrogen-bond acceptors (Lipinski definition) is 3. The Bertz CT molecular complexity index is 636. The van der Waals surface area contributed by atoms with Crippen molar-refractivity contribution in [3.05, 3.63) is 65.2 Å². The number of aromatic carboxylic acids is 1. The van der Waals surface area contributed by atoms with Crippen LogP contribution in [0.1, 0.15) is 21.5 Å². The van der Waals surface area contributed by atoms with E-state index < -0.39 is 5.97 Å². The smallest absolute Gasteiger partial charge is 0.335 e. The molecule has 0 heterocycles. The van der Waals surface area contributed by atoms with Crippen molar-refractivity contribution in [3.63, 3.8) is 0 Å². The van der Waals surface area contributed by atoms with Crippen LogP contribution in [0.15, 0.2) is 48.5 Å². The van der Waals surface area contributed by atoms with Gasteiger partial charge in [-0.25, -0.2) is 4.79 Å². The second-order valence-corrected chi connectivity index (χ2v) is 4.35. The van der Waals surface area contributed by atoms with Crippen LogP contribution in [0.3, 0.4) is 0 Å². The topological polar surface area (TPSA) is 99.2 Å². The number of rotatable bonds is 5. The average Bonchev–Trinajstić information content (AvgIpc) is 2.46. The van der Waals surface area contributed by atoms with Crippen molar-refractivity contribution in [2.45, 2.75) is 6.54 Å². The molecule has 0 unspecified atom stereocenters. The fraction of sp³-hybridized carbons (Fsp3) is 0.0667. The van der Waals surface area contributed by atoms with Crippen LogP contribution in [0.4, 0.5) is 5.69 Å². The van der Waals surface area contributed by atoms with E-state index in [2.05, 4.69) is 5.32 Å². The Kier molecular flexibility index (Phi) is 4.00. The Morgan fingerprint density at radius 2 is 1.85 bits per heavy atom. The van der Waals surface area contributed by atoms with Gasteiger partial charge in [-0.2, -0.15) is 0 Å². The van der Waals surface area contributed by atoms with Crippen LogP contribution < -0.4 is 11.1 Å². The Labute approximate surface area is 116 Å². The molecular formula is C15H15N3O2. The Balaban J connectivity index is 2.03. The summed E-state index contributed by atoms with van der Waals surface area (Å²) in [6, 6.07) is 14.0. The highest BCUT2D eigenvalue weighted by Gasteiger charge is 2.02. The number of nitrogen functional groups attached to an aromatic ring is 1. The summed E-state index contributed by atoms with van der Waals surface area (Å²) in [5.74, 6) is -0.905. The fourth-order valence-electron chi connectivity index (χ4n) is 1.77. The van der Waals surface area contributed by atoms with E-state index in [0.29, 0.717) is 12.1 Å². The minimum absolute atomic E-state index is 0.0273. The summed E-state index contributed by atoms with van der Waals surface area (Å²) in [6.45, 7) is 0.571. The van der Waals surface area contributed by atoms with E-state index in [0.717, 1.165) is 11.3 Å². The third kappa shape index (κ3) is 3.35. The third-order valence-corrected chi connectivity index (χ3v) is 2.87. The van der Waals surface area contributed by atoms with Gasteiger partial charge in [-0.05, 0) is 29.8 Å². The second-order valence-electron chi connectivity index (χ2n) is 4.35. The van der Waals surface area contributed by atoms with Crippen molar-refractivity contribution < 1.29 is 9.90 Å². The summed E-state index contributed by atoms with van der Waals surface area (Å²) in [5, 5.41) is 19.4. The van der Waals surface area contributed by atoms with Crippen molar-refractivity contribution in [1.82, 2.24) is 0 Å². The minimum Gasteiger partial charge on any atom is -0.478 e. The van der Waals surface area contributed by atoms with Gasteiger partial charge in [0.1, 0.15) is 5.84 Å². The van der Waals surface area contributed by atoms with E-state index in [1.165, 1.54) is 0 Å². The maximum absolute atomic E-state index is 10.7. The predicted octanol–water partition coefficient (Wildman–Crippen LogP) is 2.28. The molecule has 2 aromatic carbocycles. The predicted molar refractivity (Wildman–Crippen MR) is 78.2 cm³/mol. The molecule has 2 rings (SSSR count). The molecule has 0 saturated heterocycles. The molecule has 0 aromatic heterocycles. The van der Waals surface area contributed by atoms with E-state index in [1.807, 2.05) is 12.1 Å². The van der Waals surface area contributed by atoms with Gasteiger partial charge in [0, 0.05) is 17.8 Å². The maximum atomic E-state index is 10.7. The first-order chi connectivity index (χ1) is 9.56. The number of hydrogen-bond donors (Lipinski definition) is 4. The number of carboxylic acid groups (broad SMARTS) is 1. The van der Waals surface area contributed by atoms with Gasteiger partial charge >= 0.3 is 5.97 Å². The summed E-state index contributed by atoms with van der Waals surface area (Å²) in [6.07, 6.45) is 0. The maximum Gasteiger partial charge on any atom is 0.335 e. The molecule has 0 saturated carbocycles. The quantitative estimate of drug-likeness (QED) is 0.494. The minimum atomic E-state index is -0.932. The SMILES string of the molecule is N=C(N)c1cccc(NCc2ccc(C(=O)O)cc2)c1. The number of anilines is 1. The zero-order valence-electron chi connectivity index (χ0n) is 10.8. The first-order valence-corrected chi connectivity index (χ1v) is 6.07. The molecule has 0 spiro atoms. The van der Waals surface area contributed by atoms with Gasteiger partial charge in [0.05, 0.1) is 5.56 Å². The van der Waals surface area contributed by atoms with Gasteiger partial charge in [0.2, 0.25) is 0 Å². The lowest BCUT2D eigenvalue weighted by molar-refractivity contribution is 0.0697. The number of nitrogens with two attached hydrogens (primary N) is 1. The third-order valence-electron chi connectivity index (χ3n) is 2.87. The molecule has 0 radical (unpaired) electrons. The largest absolute Gasteiger partial charge is 0.478 e. The van der Waals surface area contributed by atoms with E-state index in [4.69, 9.17) is 16.2 Å². The summed E-state index contributed by atoms with van der Waals surface area (Å²) in [7, 11) is 0. The summed E-state index contributed by atoms with van der Waals surface area (Å²) in [5.41, 5.74) is 8.20. The van der Waals surface area contributed by atoms with Gasteiger partial charge in [-0.3, -0.25) is 5.41 Å². The molecule has 5 heteroatoms. The van der Waals surface area contributed by atoms with Crippen molar-refractivity contribution in [2.24, 2.45) is 5.73 Å². The number of carboxylic acids is 1. The van der Waals surface area contributed by atoms with Crippen LogP contribution in [0, 0.1) is 5.41 Å². The molecule has 20 heavy (non-hydrogen) atoms. The van der Waals surface area contributed by atoms with E-state index in [1.54, 1.807) is 36.4 Å². The zero-order valence-corrected chi connectivity index (χ0v) is 10.8. The Morgan fingerprint density at radius 1 is 1.15 bits per heavy atom. The normalized spacial score (nSPS) is 10.0. The molecule has 0 bridgehead atoms. The first kappa shape index (κ1) is 13.6. The standard InChI is InChI=1S/C15H15N3O2/c16-14(17)12-2-1-3-13(8-12)18-9-10-4-6-11(7-5-10)15(19)20/h1-8,18H,9H2,(H3,16,17)(H,19,20). The number of benzene rings is 2. The Morgan fingerprint density at radius 3 is 2.45 bits per heavy atom. The van der Waals surface area contributed by atoms with Crippen LogP contribution in [-0.2, 0) is 6.54 Å². The van der Waals surface area contributed by atoms with Gasteiger partial charge in [0.15, 0.2) is 0 Å². The van der Waals surface area contributed by atoms with Crippen molar-refractivity contribution in [1.29, 1.82) is 5.41 Å². The van der Waals surface area contributed by atoms with Crippen LogP contribution >= 0.6 is 0 Å². The highest BCUT2D eigenvalue weighted by molar-refractivity contribution is 5.95. The van der Waals surface area contributed by atoms with Gasteiger partial charge in [-0.1, -0.05) is 24.3 Å². The molecule has 0 aliphatic heterocycles. The summed E-state index contributed by atoms with van der Waals surface area (Å²) >= 11 is 0. The molecule has 102 valence electrons. The molecule has 5 nitrogen and oxygen atoms in total. The molecule has 2 aromatic rings. The van der Waals surface area contributed by atoms with Gasteiger partial charge < -0.3 is 16.2 Å². The van der Waals surface area contributed by atoms with Crippen LogP contribution in [0.2, 0.25) is 0 Å². The lowest BCUT2D eigenvalue weighted by Crippen LogP contribution is -2.11. The molecule has 0 amide bonds. The number of nitrogens with one attached hydrogen (secondary N) is 2. The van der Waals surface area contributed by atoms with Crippen LogP contribution in [0.25, 0.3) is 0 Å². The first-order valence-electron chi connectivity index (χ1n) is 6.07. The molecule has 0 aliphatic rings. The Hall–Kier alpha value is -2.82.